The van der Waals surface area contributed by atoms with Crippen LogP contribution in [0.15, 0.2) is 0 Å². The highest BCUT2D eigenvalue weighted by Crippen LogP contribution is 2.27. The molecule has 0 aromatic carbocycles. The van der Waals surface area contributed by atoms with Gasteiger partial charge < -0.3 is 4.52 Å². The highest BCUT2D eigenvalue weighted by molar-refractivity contribution is 7.33. The van der Waals surface area contributed by atoms with Crippen LogP contribution >= 0.6 is 8.25 Å². The summed E-state index contributed by atoms with van der Waals surface area (Å²) < 4.78 is 20.3. The number of carbonyl (C=O) groups excluding carboxylic acids is 1. The van der Waals surface area contributed by atoms with Gasteiger partial charge in [-0.1, -0.05) is 6.42 Å². The van der Waals surface area contributed by atoms with Gasteiger partial charge in [0.25, 0.3) is 0 Å². The van der Waals surface area contributed by atoms with E-state index in [1.807, 2.05) is 0 Å². The number of hydroxylamine groups is 2. The Morgan fingerprint density at radius 3 is 2.46 bits per heavy atom. The second-order valence-electron chi connectivity index (χ2n) is 2.92. The Kier molecular flexibility index (Phi) is 4.42. The van der Waals surface area contributed by atoms with Crippen molar-refractivity contribution in [1.82, 2.24) is 5.06 Å². The number of hydrogen-bond donors (Lipinski definition) is 0. The van der Waals surface area contributed by atoms with Gasteiger partial charge in [-0.15, -0.1) is 0 Å². The monoisotopic (exact) mass is 207 g/mol. The van der Waals surface area contributed by atoms with Crippen molar-refractivity contribution in [3.8, 4) is 0 Å². The summed E-state index contributed by atoms with van der Waals surface area (Å²) in [6.07, 6.45) is 3.25. The van der Waals surface area contributed by atoms with Crippen molar-refractivity contribution < 1.29 is 18.5 Å². The minimum absolute atomic E-state index is 0.569. The first-order chi connectivity index (χ1) is 6.18. The Hall–Kier alpha value is -0.380. The van der Waals surface area contributed by atoms with E-state index in [2.05, 4.69) is 4.52 Å². The summed E-state index contributed by atoms with van der Waals surface area (Å²) in [6, 6.07) is 0. The zero-order valence-electron chi connectivity index (χ0n) is 7.62. The van der Waals surface area contributed by atoms with Crippen LogP contribution in [0.3, 0.4) is 0 Å². The largest absolute Gasteiger partial charge is 0.393 e. The van der Waals surface area contributed by atoms with E-state index in [0.717, 1.165) is 25.9 Å². The molecule has 0 aromatic heterocycles. The van der Waals surface area contributed by atoms with Crippen LogP contribution in [0, 0.1) is 0 Å². The zero-order valence-corrected chi connectivity index (χ0v) is 8.62. The molecule has 6 heteroatoms. The van der Waals surface area contributed by atoms with Crippen molar-refractivity contribution in [3.63, 3.8) is 0 Å². The number of piperidine rings is 1. The van der Waals surface area contributed by atoms with Crippen LogP contribution in [0.2, 0.25) is 0 Å². The van der Waals surface area contributed by atoms with Gasteiger partial charge in [-0.25, -0.2) is 9.19 Å². The molecule has 0 N–H and O–H groups in total. The van der Waals surface area contributed by atoms with Gasteiger partial charge in [0.1, 0.15) is 0 Å². The lowest BCUT2D eigenvalue weighted by Crippen LogP contribution is -2.27. The van der Waals surface area contributed by atoms with Crippen molar-refractivity contribution in [2.45, 2.75) is 26.2 Å². The fraction of sp³-hybridized carbons (Fsp3) is 0.857. The number of nitrogens with zero attached hydrogens (tertiary/aromatic N) is 1. The highest BCUT2D eigenvalue weighted by atomic mass is 31.1. The summed E-state index contributed by atoms with van der Waals surface area (Å²) in [6.45, 7) is 2.73. The van der Waals surface area contributed by atoms with Gasteiger partial charge >= 0.3 is 14.2 Å². The van der Waals surface area contributed by atoms with Crippen LogP contribution in [0.5, 0.6) is 0 Å². The molecule has 1 heterocycles. The molecule has 0 spiro atoms. The maximum Gasteiger partial charge on any atom is 0.386 e. The summed E-state index contributed by atoms with van der Waals surface area (Å²) >= 11 is 0. The van der Waals surface area contributed by atoms with Gasteiger partial charge in [0.15, 0.2) is 0 Å². The first kappa shape index (κ1) is 10.7. The second kappa shape index (κ2) is 5.37. The Morgan fingerprint density at radius 2 is 1.92 bits per heavy atom. The Balaban J connectivity index is 2.22. The molecule has 0 amide bonds. The van der Waals surface area contributed by atoms with Crippen molar-refractivity contribution in [2.24, 2.45) is 0 Å². The van der Waals surface area contributed by atoms with Crippen LogP contribution in [-0.4, -0.2) is 24.1 Å². The van der Waals surface area contributed by atoms with E-state index in [1.165, 1.54) is 13.3 Å². The third-order valence-corrected chi connectivity index (χ3v) is 2.61. The minimum Gasteiger partial charge on any atom is -0.393 e. The average molecular weight is 207 g/mol. The third kappa shape index (κ3) is 4.41. The van der Waals surface area contributed by atoms with Gasteiger partial charge in [0.2, 0.25) is 0 Å². The Labute approximate surface area is 77.9 Å². The van der Waals surface area contributed by atoms with E-state index in [1.54, 1.807) is 5.06 Å². The molecular formula is C7H14NO4P. The lowest BCUT2D eigenvalue weighted by molar-refractivity contribution is -0.135. The minimum atomic E-state index is -2.66. The molecule has 0 radical (unpaired) electrons. The lowest BCUT2D eigenvalue weighted by Gasteiger charge is -2.24. The number of rotatable bonds is 3. The molecule has 1 atom stereocenters. The number of hydrogen-bond acceptors (Lipinski definition) is 5. The molecule has 1 unspecified atom stereocenters. The summed E-state index contributed by atoms with van der Waals surface area (Å²) in [4.78, 5) is 10.4. The van der Waals surface area contributed by atoms with Crippen molar-refractivity contribution in [2.75, 3.05) is 13.1 Å². The van der Waals surface area contributed by atoms with Gasteiger partial charge in [0, 0.05) is 20.0 Å². The van der Waals surface area contributed by atoms with Crippen molar-refractivity contribution >= 4 is 14.2 Å². The van der Waals surface area contributed by atoms with Gasteiger partial charge in [-0.2, -0.15) is 5.06 Å². The lowest BCUT2D eigenvalue weighted by atomic mass is 10.2. The van der Waals surface area contributed by atoms with E-state index in [4.69, 9.17) is 4.62 Å². The molecule has 0 bridgehead atoms. The van der Waals surface area contributed by atoms with Crippen LogP contribution in [0.1, 0.15) is 26.2 Å². The highest BCUT2D eigenvalue weighted by Gasteiger charge is 2.14. The molecule has 5 nitrogen and oxygen atoms in total. The van der Waals surface area contributed by atoms with E-state index in [0.29, 0.717) is 0 Å². The molecular weight excluding hydrogens is 193 g/mol. The third-order valence-electron chi connectivity index (χ3n) is 1.75. The quantitative estimate of drug-likeness (QED) is 0.654. The van der Waals surface area contributed by atoms with Crippen LogP contribution in [0.25, 0.3) is 0 Å². The summed E-state index contributed by atoms with van der Waals surface area (Å²) in [7, 11) is -2.66. The molecule has 0 aliphatic carbocycles. The normalized spacial score (nSPS) is 21.0. The van der Waals surface area contributed by atoms with Crippen LogP contribution in [0.4, 0.5) is 0 Å². The predicted molar refractivity (Wildman–Crippen MR) is 47.3 cm³/mol. The topological polar surface area (TPSA) is 55.8 Å². The molecule has 76 valence electrons. The van der Waals surface area contributed by atoms with Crippen molar-refractivity contribution in [3.05, 3.63) is 0 Å². The first-order valence-electron chi connectivity index (χ1n) is 4.34. The maximum absolute atomic E-state index is 11.0. The Bertz CT molecular complexity index is 203. The number of carbonyl (C=O) groups is 1. The Morgan fingerprint density at radius 1 is 1.31 bits per heavy atom. The summed E-state index contributed by atoms with van der Waals surface area (Å²) in [5.74, 6) is -0.569. The molecule has 0 saturated carbocycles. The standard InChI is InChI=1S/C7H14NO4P/c1-7(9)11-13(10)12-8-5-3-2-4-6-8/h13H,2-6H2,1H3. The van der Waals surface area contributed by atoms with Crippen molar-refractivity contribution in [1.29, 1.82) is 0 Å². The van der Waals surface area contributed by atoms with Crippen LogP contribution in [-0.2, 0) is 18.5 Å². The van der Waals surface area contributed by atoms with Gasteiger partial charge in [-0.05, 0) is 12.8 Å². The van der Waals surface area contributed by atoms with E-state index >= 15 is 0 Å². The van der Waals surface area contributed by atoms with E-state index in [9.17, 15) is 9.36 Å². The summed E-state index contributed by atoms with van der Waals surface area (Å²) in [5, 5.41) is 1.60. The van der Waals surface area contributed by atoms with E-state index in [-0.39, 0.29) is 0 Å². The molecule has 1 rings (SSSR count). The fourth-order valence-corrected chi connectivity index (χ4v) is 1.86. The molecule has 1 aliphatic rings. The zero-order chi connectivity index (χ0) is 9.68. The SMILES string of the molecule is CC(=O)O[PH](=O)ON1CCCCC1. The van der Waals surface area contributed by atoms with E-state index < -0.39 is 14.2 Å². The average Bonchev–Trinajstić information content (AvgIpc) is 2.04. The molecule has 13 heavy (non-hydrogen) atoms. The summed E-state index contributed by atoms with van der Waals surface area (Å²) in [5.41, 5.74) is 0. The molecule has 1 saturated heterocycles. The smallest absolute Gasteiger partial charge is 0.386 e. The molecule has 0 aromatic rings. The predicted octanol–water partition coefficient (Wildman–Crippen LogP) is 1.36. The maximum atomic E-state index is 11.0. The van der Waals surface area contributed by atoms with Gasteiger partial charge in [-0.3, -0.25) is 4.79 Å². The first-order valence-corrected chi connectivity index (χ1v) is 5.56. The molecule has 1 aliphatic heterocycles. The second-order valence-corrected chi connectivity index (χ2v) is 3.81. The molecule has 1 fully saturated rings. The van der Waals surface area contributed by atoms with Crippen LogP contribution < -0.4 is 0 Å². The van der Waals surface area contributed by atoms with Gasteiger partial charge in [0.05, 0.1) is 0 Å². The fourth-order valence-electron chi connectivity index (χ4n) is 1.20.